The predicted octanol–water partition coefficient (Wildman–Crippen LogP) is 2.78. The summed E-state index contributed by atoms with van der Waals surface area (Å²) in [5.41, 5.74) is 1.43. The second-order valence-electron chi connectivity index (χ2n) is 5.45. The number of fused-ring (bicyclic) bond motifs is 1. The van der Waals surface area contributed by atoms with Crippen molar-refractivity contribution < 1.29 is 18.1 Å². The highest BCUT2D eigenvalue weighted by Crippen LogP contribution is 2.24. The van der Waals surface area contributed by atoms with Crippen LogP contribution in [0.1, 0.15) is 29.5 Å². The van der Waals surface area contributed by atoms with Crippen LogP contribution in [0.2, 0.25) is 0 Å². The van der Waals surface area contributed by atoms with Crippen molar-refractivity contribution in [1.29, 1.82) is 0 Å². The van der Waals surface area contributed by atoms with Crippen LogP contribution in [0.5, 0.6) is 0 Å². The molecule has 0 spiro atoms. The van der Waals surface area contributed by atoms with Gasteiger partial charge in [-0.1, -0.05) is 12.1 Å². The van der Waals surface area contributed by atoms with Crippen LogP contribution in [-0.4, -0.2) is 22.6 Å². The Morgan fingerprint density at radius 3 is 2.78 bits per heavy atom. The van der Waals surface area contributed by atoms with Crippen molar-refractivity contribution >= 4 is 6.03 Å². The molecule has 0 aliphatic carbocycles. The Morgan fingerprint density at radius 1 is 1.35 bits per heavy atom. The summed E-state index contributed by atoms with van der Waals surface area (Å²) in [7, 11) is 0. The fraction of sp³-hybridized carbons (Fsp3) is 0.375. The second kappa shape index (κ2) is 6.36. The van der Waals surface area contributed by atoms with Gasteiger partial charge in [0.1, 0.15) is 11.6 Å². The molecule has 0 atom stereocenters. The third-order valence-electron chi connectivity index (χ3n) is 3.97. The molecule has 1 aliphatic rings. The first-order valence-corrected chi connectivity index (χ1v) is 7.51. The standard InChI is InChI=1S/C16H17F2N3O2/c1-2-10-7-11(23-20-10)8-19-16(22)21-6-5-12-13(9-21)15(18)4-3-14(12)17/h3-4,7H,2,5-6,8-9H2,1H3,(H,19,22). The van der Waals surface area contributed by atoms with Crippen LogP contribution in [0, 0.1) is 11.6 Å². The number of hydrogen-bond acceptors (Lipinski definition) is 3. The van der Waals surface area contributed by atoms with Gasteiger partial charge in [-0.25, -0.2) is 13.6 Å². The third kappa shape index (κ3) is 3.18. The molecule has 2 heterocycles. The average Bonchev–Trinajstić information content (AvgIpc) is 3.04. The van der Waals surface area contributed by atoms with Crippen LogP contribution in [-0.2, 0) is 25.9 Å². The van der Waals surface area contributed by atoms with Crippen LogP contribution < -0.4 is 5.32 Å². The van der Waals surface area contributed by atoms with Gasteiger partial charge in [-0.3, -0.25) is 0 Å². The van der Waals surface area contributed by atoms with Gasteiger partial charge in [0.05, 0.1) is 18.8 Å². The molecule has 2 aromatic rings. The summed E-state index contributed by atoms with van der Waals surface area (Å²) in [5.74, 6) is -0.346. The second-order valence-corrected chi connectivity index (χ2v) is 5.45. The van der Waals surface area contributed by atoms with Crippen LogP contribution in [0.15, 0.2) is 22.7 Å². The SMILES string of the molecule is CCc1cc(CNC(=O)N2CCc3c(F)ccc(F)c3C2)on1. The minimum Gasteiger partial charge on any atom is -0.359 e. The first-order chi connectivity index (χ1) is 11.1. The number of amides is 2. The van der Waals surface area contributed by atoms with E-state index in [4.69, 9.17) is 4.52 Å². The molecule has 0 unspecified atom stereocenters. The lowest BCUT2D eigenvalue weighted by Gasteiger charge is -2.29. The Balaban J connectivity index is 1.64. The number of carbonyl (C=O) groups excluding carboxylic acids is 1. The zero-order valence-corrected chi connectivity index (χ0v) is 12.7. The molecule has 1 aliphatic heterocycles. The summed E-state index contributed by atoms with van der Waals surface area (Å²) in [6, 6.07) is 3.66. The number of benzene rings is 1. The lowest BCUT2D eigenvalue weighted by Crippen LogP contribution is -2.43. The van der Waals surface area contributed by atoms with Crippen molar-refractivity contribution in [3.63, 3.8) is 0 Å². The number of halogens is 2. The molecule has 1 N–H and O–H groups in total. The van der Waals surface area contributed by atoms with Crippen LogP contribution >= 0.6 is 0 Å². The molecule has 5 nitrogen and oxygen atoms in total. The molecule has 0 fully saturated rings. The molecule has 3 rings (SSSR count). The lowest BCUT2D eigenvalue weighted by molar-refractivity contribution is 0.189. The number of urea groups is 1. The Labute approximate surface area is 132 Å². The Morgan fingerprint density at radius 2 is 2.09 bits per heavy atom. The van der Waals surface area contributed by atoms with Crippen molar-refractivity contribution in [1.82, 2.24) is 15.4 Å². The third-order valence-corrected chi connectivity index (χ3v) is 3.97. The Kier molecular flexibility index (Phi) is 4.27. The number of hydrogen-bond donors (Lipinski definition) is 1. The van der Waals surface area contributed by atoms with Crippen molar-refractivity contribution in [3.05, 3.63) is 52.4 Å². The highest BCUT2D eigenvalue weighted by Gasteiger charge is 2.25. The number of nitrogens with one attached hydrogen (secondary N) is 1. The van der Waals surface area contributed by atoms with Gasteiger partial charge in [0.15, 0.2) is 5.76 Å². The molecular weight excluding hydrogens is 304 g/mol. The molecule has 0 radical (unpaired) electrons. The van der Waals surface area contributed by atoms with Gasteiger partial charge in [0, 0.05) is 18.2 Å². The molecule has 122 valence electrons. The van der Waals surface area contributed by atoms with Gasteiger partial charge in [0.25, 0.3) is 0 Å². The monoisotopic (exact) mass is 321 g/mol. The molecule has 0 saturated carbocycles. The number of aryl methyl sites for hydroxylation is 1. The van der Waals surface area contributed by atoms with Gasteiger partial charge < -0.3 is 14.7 Å². The van der Waals surface area contributed by atoms with Gasteiger partial charge in [-0.05, 0) is 30.5 Å². The lowest BCUT2D eigenvalue weighted by atomic mass is 9.99. The topological polar surface area (TPSA) is 58.4 Å². The molecule has 0 bridgehead atoms. The summed E-state index contributed by atoms with van der Waals surface area (Å²) in [5, 5.41) is 6.55. The zero-order valence-electron chi connectivity index (χ0n) is 12.7. The maximum absolute atomic E-state index is 13.8. The molecule has 1 aromatic heterocycles. The fourth-order valence-electron chi connectivity index (χ4n) is 2.65. The molecule has 2 amide bonds. The number of carbonyl (C=O) groups is 1. The minimum atomic E-state index is -0.485. The summed E-state index contributed by atoms with van der Waals surface area (Å²) < 4.78 is 32.6. The van der Waals surface area contributed by atoms with E-state index in [0.717, 1.165) is 24.2 Å². The summed E-state index contributed by atoms with van der Waals surface area (Å²) in [6.07, 6.45) is 1.06. The van der Waals surface area contributed by atoms with Crippen LogP contribution in [0.25, 0.3) is 0 Å². The highest BCUT2D eigenvalue weighted by molar-refractivity contribution is 5.74. The fourth-order valence-corrected chi connectivity index (χ4v) is 2.65. The summed E-state index contributed by atoms with van der Waals surface area (Å²) >= 11 is 0. The molecule has 0 saturated heterocycles. The van der Waals surface area contributed by atoms with Crippen molar-refractivity contribution in [2.45, 2.75) is 32.9 Å². The predicted molar refractivity (Wildman–Crippen MR) is 78.6 cm³/mol. The highest BCUT2D eigenvalue weighted by atomic mass is 19.1. The first kappa shape index (κ1) is 15.5. The molecule has 1 aromatic carbocycles. The van der Waals surface area contributed by atoms with E-state index >= 15 is 0 Å². The van der Waals surface area contributed by atoms with E-state index in [2.05, 4.69) is 10.5 Å². The van der Waals surface area contributed by atoms with E-state index in [-0.39, 0.29) is 24.7 Å². The van der Waals surface area contributed by atoms with Crippen molar-refractivity contribution in [2.75, 3.05) is 6.54 Å². The molecular formula is C16H17F2N3O2. The molecule has 7 heteroatoms. The summed E-state index contributed by atoms with van der Waals surface area (Å²) in [6.45, 7) is 2.57. The molecule has 23 heavy (non-hydrogen) atoms. The van der Waals surface area contributed by atoms with Crippen molar-refractivity contribution in [3.8, 4) is 0 Å². The maximum Gasteiger partial charge on any atom is 0.318 e. The quantitative estimate of drug-likeness (QED) is 0.946. The van der Waals surface area contributed by atoms with Gasteiger partial charge in [-0.2, -0.15) is 0 Å². The zero-order chi connectivity index (χ0) is 16.4. The smallest absolute Gasteiger partial charge is 0.318 e. The Hall–Kier alpha value is -2.44. The van der Waals surface area contributed by atoms with E-state index in [0.29, 0.717) is 24.3 Å². The average molecular weight is 321 g/mol. The van der Waals surface area contributed by atoms with Crippen LogP contribution in [0.3, 0.4) is 0 Å². The summed E-state index contributed by atoms with van der Waals surface area (Å²) in [4.78, 5) is 13.7. The van der Waals surface area contributed by atoms with Gasteiger partial charge in [0.2, 0.25) is 0 Å². The van der Waals surface area contributed by atoms with E-state index in [1.54, 1.807) is 6.07 Å². The van der Waals surface area contributed by atoms with E-state index in [1.165, 1.54) is 4.90 Å². The van der Waals surface area contributed by atoms with E-state index in [9.17, 15) is 13.6 Å². The minimum absolute atomic E-state index is 0.0569. The van der Waals surface area contributed by atoms with Crippen molar-refractivity contribution in [2.24, 2.45) is 0 Å². The number of rotatable bonds is 3. The number of aromatic nitrogens is 1. The van der Waals surface area contributed by atoms with E-state index < -0.39 is 11.6 Å². The van der Waals surface area contributed by atoms with E-state index in [1.807, 2.05) is 6.92 Å². The number of nitrogens with zero attached hydrogens (tertiary/aromatic N) is 2. The Bertz CT molecular complexity index is 730. The van der Waals surface area contributed by atoms with Gasteiger partial charge in [-0.15, -0.1) is 0 Å². The van der Waals surface area contributed by atoms with Crippen LogP contribution in [0.4, 0.5) is 13.6 Å². The first-order valence-electron chi connectivity index (χ1n) is 7.51. The maximum atomic E-state index is 13.8. The largest absolute Gasteiger partial charge is 0.359 e. The normalized spacial score (nSPS) is 13.8. The van der Waals surface area contributed by atoms with Gasteiger partial charge >= 0.3 is 6.03 Å².